The molecule has 2 amide bonds. The number of nitrogens with one attached hydrogen (secondary N) is 2. The number of pyridine rings is 1. The van der Waals surface area contributed by atoms with Crippen molar-refractivity contribution < 1.29 is 9.59 Å². The summed E-state index contributed by atoms with van der Waals surface area (Å²) in [5, 5.41) is 6.54. The average molecular weight is 342 g/mol. The van der Waals surface area contributed by atoms with E-state index < -0.39 is 0 Å². The van der Waals surface area contributed by atoms with E-state index in [1.54, 1.807) is 6.20 Å². The fraction of sp³-hybridized carbons (Fsp3) is 0.632. The molecule has 4 atom stereocenters. The van der Waals surface area contributed by atoms with Crippen molar-refractivity contribution in [2.24, 2.45) is 11.8 Å². The molecule has 1 aromatic heterocycles. The number of hydrogen-bond donors (Lipinski definition) is 2. The van der Waals surface area contributed by atoms with Crippen LogP contribution in [0.2, 0.25) is 0 Å². The van der Waals surface area contributed by atoms with Crippen LogP contribution < -0.4 is 10.6 Å². The second-order valence-corrected chi connectivity index (χ2v) is 7.52. The molecule has 4 heterocycles. The van der Waals surface area contributed by atoms with E-state index in [1.165, 1.54) is 0 Å². The van der Waals surface area contributed by atoms with E-state index in [4.69, 9.17) is 0 Å². The highest BCUT2D eigenvalue weighted by atomic mass is 16.2. The summed E-state index contributed by atoms with van der Waals surface area (Å²) in [6, 6.07) is 3.85. The number of aromatic nitrogens is 1. The SMILES string of the molecule is O=C(NCCc1cccnc1)[C@H]1[C@@H]2CNC[C@@H](C2)[C@@H]2CCCC(=O)N21. The molecular weight excluding hydrogens is 316 g/mol. The van der Waals surface area contributed by atoms with Crippen molar-refractivity contribution in [3.8, 4) is 0 Å². The number of amides is 2. The summed E-state index contributed by atoms with van der Waals surface area (Å²) in [4.78, 5) is 31.6. The Labute approximate surface area is 148 Å². The maximum Gasteiger partial charge on any atom is 0.243 e. The zero-order valence-electron chi connectivity index (χ0n) is 14.5. The Morgan fingerprint density at radius 1 is 1.36 bits per heavy atom. The average Bonchev–Trinajstić information content (AvgIpc) is 2.64. The molecule has 2 bridgehead atoms. The number of carbonyl (C=O) groups excluding carboxylic acids is 2. The molecule has 3 aliphatic heterocycles. The lowest BCUT2D eigenvalue weighted by molar-refractivity contribution is -0.157. The Morgan fingerprint density at radius 2 is 2.24 bits per heavy atom. The first-order chi connectivity index (χ1) is 12.2. The zero-order chi connectivity index (χ0) is 17.2. The molecule has 25 heavy (non-hydrogen) atoms. The van der Waals surface area contributed by atoms with Crippen molar-refractivity contribution >= 4 is 11.8 Å². The van der Waals surface area contributed by atoms with Crippen molar-refractivity contribution in [2.45, 2.75) is 44.2 Å². The molecule has 0 spiro atoms. The van der Waals surface area contributed by atoms with Gasteiger partial charge in [0, 0.05) is 43.9 Å². The summed E-state index contributed by atoms with van der Waals surface area (Å²) in [6.45, 7) is 2.38. The third-order valence-corrected chi connectivity index (χ3v) is 5.95. The lowest BCUT2D eigenvalue weighted by atomic mass is 9.72. The maximum atomic E-state index is 12.9. The quantitative estimate of drug-likeness (QED) is 0.846. The van der Waals surface area contributed by atoms with Crippen molar-refractivity contribution in [3.05, 3.63) is 30.1 Å². The van der Waals surface area contributed by atoms with Gasteiger partial charge in [0.15, 0.2) is 0 Å². The first-order valence-corrected chi connectivity index (χ1v) is 9.42. The van der Waals surface area contributed by atoms with Crippen LogP contribution in [-0.2, 0) is 16.0 Å². The van der Waals surface area contributed by atoms with Crippen LogP contribution in [0, 0.1) is 11.8 Å². The monoisotopic (exact) mass is 342 g/mol. The number of rotatable bonds is 4. The first-order valence-electron chi connectivity index (χ1n) is 9.42. The lowest BCUT2D eigenvalue weighted by Crippen LogP contribution is -2.68. The van der Waals surface area contributed by atoms with Gasteiger partial charge in [0.05, 0.1) is 0 Å². The molecule has 4 rings (SSSR count). The third kappa shape index (κ3) is 3.27. The number of nitrogens with zero attached hydrogens (tertiary/aromatic N) is 2. The summed E-state index contributed by atoms with van der Waals surface area (Å²) in [6.07, 6.45) is 7.96. The fourth-order valence-electron chi connectivity index (χ4n) is 4.83. The topological polar surface area (TPSA) is 74.3 Å². The number of carbonyl (C=O) groups is 2. The molecule has 6 heteroatoms. The highest BCUT2D eigenvalue weighted by molar-refractivity contribution is 5.89. The molecule has 0 aliphatic carbocycles. The number of hydrogen-bond acceptors (Lipinski definition) is 4. The van der Waals surface area contributed by atoms with E-state index in [-0.39, 0.29) is 29.8 Å². The van der Waals surface area contributed by atoms with Gasteiger partial charge < -0.3 is 15.5 Å². The van der Waals surface area contributed by atoms with Gasteiger partial charge in [-0.25, -0.2) is 0 Å². The number of piperidine rings is 3. The van der Waals surface area contributed by atoms with Crippen LogP contribution in [0.5, 0.6) is 0 Å². The summed E-state index contributed by atoms with van der Waals surface area (Å²) in [5.41, 5.74) is 1.11. The minimum Gasteiger partial charge on any atom is -0.354 e. The second kappa shape index (κ2) is 7.12. The number of fused-ring (bicyclic) bond motifs is 4. The van der Waals surface area contributed by atoms with Crippen LogP contribution in [0.25, 0.3) is 0 Å². The van der Waals surface area contributed by atoms with Crippen LogP contribution in [0.4, 0.5) is 0 Å². The Morgan fingerprint density at radius 3 is 3.08 bits per heavy atom. The predicted molar refractivity (Wildman–Crippen MR) is 93.7 cm³/mol. The molecule has 0 aromatic carbocycles. The van der Waals surface area contributed by atoms with Gasteiger partial charge in [0.25, 0.3) is 0 Å². The van der Waals surface area contributed by atoms with Crippen LogP contribution >= 0.6 is 0 Å². The van der Waals surface area contributed by atoms with Crippen LogP contribution in [0.1, 0.15) is 31.2 Å². The Hall–Kier alpha value is -1.95. The van der Waals surface area contributed by atoms with Gasteiger partial charge in [-0.05, 0) is 49.8 Å². The van der Waals surface area contributed by atoms with Crippen molar-refractivity contribution in [3.63, 3.8) is 0 Å². The molecule has 3 saturated heterocycles. The highest BCUT2D eigenvalue weighted by Gasteiger charge is 2.50. The van der Waals surface area contributed by atoms with Gasteiger partial charge in [-0.15, -0.1) is 0 Å². The lowest BCUT2D eigenvalue weighted by Gasteiger charge is -2.53. The fourth-order valence-corrected chi connectivity index (χ4v) is 4.83. The molecule has 1 aromatic rings. The van der Waals surface area contributed by atoms with Crippen LogP contribution in [-0.4, -0.2) is 53.4 Å². The molecule has 0 unspecified atom stereocenters. The van der Waals surface area contributed by atoms with Gasteiger partial charge in [0.2, 0.25) is 11.8 Å². The third-order valence-electron chi connectivity index (χ3n) is 5.95. The van der Waals surface area contributed by atoms with E-state index in [1.807, 2.05) is 23.2 Å². The summed E-state index contributed by atoms with van der Waals surface area (Å²) < 4.78 is 0. The minimum absolute atomic E-state index is 0.0105. The van der Waals surface area contributed by atoms with E-state index in [2.05, 4.69) is 15.6 Å². The van der Waals surface area contributed by atoms with E-state index in [9.17, 15) is 9.59 Å². The van der Waals surface area contributed by atoms with Gasteiger partial charge >= 0.3 is 0 Å². The van der Waals surface area contributed by atoms with Crippen LogP contribution in [0.15, 0.2) is 24.5 Å². The highest BCUT2D eigenvalue weighted by Crippen LogP contribution is 2.39. The van der Waals surface area contributed by atoms with E-state index >= 15 is 0 Å². The maximum absolute atomic E-state index is 12.9. The normalized spacial score (nSPS) is 31.4. The first kappa shape index (κ1) is 16.5. The van der Waals surface area contributed by atoms with Gasteiger partial charge in [0.1, 0.15) is 6.04 Å². The second-order valence-electron chi connectivity index (χ2n) is 7.52. The summed E-state index contributed by atoms with van der Waals surface area (Å²) >= 11 is 0. The molecular formula is C19H26N4O2. The zero-order valence-corrected chi connectivity index (χ0v) is 14.5. The largest absolute Gasteiger partial charge is 0.354 e. The smallest absolute Gasteiger partial charge is 0.243 e. The standard InChI is InChI=1S/C19H26N4O2/c24-17-5-1-4-16-14-9-15(12-21-11-14)18(23(16)17)19(25)22-8-6-13-3-2-7-20-10-13/h2-3,7,10,14-16,18,21H,1,4-6,8-9,11-12H2,(H,22,25)/t14-,15+,16+,18-/m1/s1. The van der Waals surface area contributed by atoms with Crippen molar-refractivity contribution in [1.29, 1.82) is 0 Å². The van der Waals surface area contributed by atoms with Crippen molar-refractivity contribution in [2.75, 3.05) is 19.6 Å². The molecule has 0 radical (unpaired) electrons. The predicted octanol–water partition coefficient (Wildman–Crippen LogP) is 0.729. The Kier molecular flexibility index (Phi) is 4.70. The molecule has 3 fully saturated rings. The van der Waals surface area contributed by atoms with Crippen LogP contribution in [0.3, 0.4) is 0 Å². The molecule has 2 N–H and O–H groups in total. The Balaban J connectivity index is 1.44. The Bertz CT molecular complexity index is 636. The van der Waals surface area contributed by atoms with Crippen molar-refractivity contribution in [1.82, 2.24) is 20.5 Å². The molecule has 6 nitrogen and oxygen atoms in total. The summed E-state index contributed by atoms with van der Waals surface area (Å²) in [7, 11) is 0. The van der Waals surface area contributed by atoms with Gasteiger partial charge in [-0.3, -0.25) is 14.6 Å². The van der Waals surface area contributed by atoms with E-state index in [0.717, 1.165) is 44.3 Å². The van der Waals surface area contributed by atoms with Gasteiger partial charge in [-0.2, -0.15) is 0 Å². The minimum atomic E-state index is -0.309. The van der Waals surface area contributed by atoms with Gasteiger partial charge in [-0.1, -0.05) is 6.07 Å². The van der Waals surface area contributed by atoms with E-state index in [0.29, 0.717) is 18.9 Å². The molecule has 134 valence electrons. The molecule has 3 aliphatic rings. The summed E-state index contributed by atoms with van der Waals surface area (Å²) in [5.74, 6) is 0.912. The molecule has 0 saturated carbocycles.